The van der Waals surface area contributed by atoms with Crippen molar-refractivity contribution in [2.75, 3.05) is 30.0 Å². The number of anilines is 1. The zero-order chi connectivity index (χ0) is 13.4. The first-order valence-corrected chi connectivity index (χ1v) is 6.80. The van der Waals surface area contributed by atoms with E-state index in [1.165, 1.54) is 6.07 Å². The van der Waals surface area contributed by atoms with E-state index in [1.807, 2.05) is 0 Å². The summed E-state index contributed by atoms with van der Waals surface area (Å²) >= 11 is 1.72. The number of aromatic nitrogens is 2. The summed E-state index contributed by atoms with van der Waals surface area (Å²) in [6, 6.07) is 1.43. The number of carbonyl (C=O) groups is 1. The van der Waals surface area contributed by atoms with Gasteiger partial charge >= 0.3 is 5.97 Å². The predicted molar refractivity (Wildman–Crippen MR) is 71.2 cm³/mol. The Kier molecular flexibility index (Phi) is 6.45. The van der Waals surface area contributed by atoms with Gasteiger partial charge in [0.25, 0.3) is 0 Å². The molecule has 7 heteroatoms. The van der Waals surface area contributed by atoms with Crippen LogP contribution in [0.25, 0.3) is 0 Å². The van der Waals surface area contributed by atoms with E-state index in [1.54, 1.807) is 18.7 Å². The fourth-order valence-electron chi connectivity index (χ4n) is 1.26. The van der Waals surface area contributed by atoms with Crippen LogP contribution in [-0.2, 0) is 0 Å². The largest absolute Gasteiger partial charge is 0.477 e. The molecule has 0 amide bonds. The Morgan fingerprint density at radius 1 is 1.44 bits per heavy atom. The molecule has 100 valence electrons. The molecule has 0 spiro atoms. The fraction of sp³-hybridized carbons (Fsp3) is 0.545. The second kappa shape index (κ2) is 7.88. The van der Waals surface area contributed by atoms with Gasteiger partial charge in [-0.1, -0.05) is 0 Å². The molecule has 0 aromatic carbocycles. The molecule has 0 fully saturated rings. The van der Waals surface area contributed by atoms with Gasteiger partial charge in [-0.25, -0.2) is 14.8 Å². The monoisotopic (exact) mass is 271 g/mol. The van der Waals surface area contributed by atoms with Gasteiger partial charge in [-0.15, -0.1) is 0 Å². The van der Waals surface area contributed by atoms with Crippen molar-refractivity contribution in [1.82, 2.24) is 9.97 Å². The van der Waals surface area contributed by atoms with E-state index in [-0.39, 0.29) is 12.3 Å². The lowest BCUT2D eigenvalue weighted by molar-refractivity contribution is 0.0690. The number of nitrogens with one attached hydrogen (secondary N) is 1. The summed E-state index contributed by atoms with van der Waals surface area (Å²) in [5.41, 5.74) is 0.621. The maximum Gasteiger partial charge on any atom is 0.354 e. The van der Waals surface area contributed by atoms with E-state index < -0.39 is 5.97 Å². The standard InChI is InChI=1S/C11H17N3O3S/c1-8-7-9(10(16)17)14-11(13-8)12-3-6-18-5-2-4-15/h7,15H,2-6H2,1H3,(H,16,17)(H,12,13,14). The molecule has 0 bridgehead atoms. The van der Waals surface area contributed by atoms with E-state index in [9.17, 15) is 4.79 Å². The summed E-state index contributed by atoms with van der Waals surface area (Å²) in [5.74, 6) is 1.06. The summed E-state index contributed by atoms with van der Waals surface area (Å²) in [6.07, 6.45) is 0.786. The molecule has 0 aliphatic heterocycles. The Labute approximate surface area is 110 Å². The molecule has 0 radical (unpaired) electrons. The van der Waals surface area contributed by atoms with Gasteiger partial charge < -0.3 is 15.5 Å². The van der Waals surface area contributed by atoms with Crippen molar-refractivity contribution in [2.24, 2.45) is 0 Å². The Hall–Kier alpha value is -1.34. The van der Waals surface area contributed by atoms with Crippen LogP contribution in [0.3, 0.4) is 0 Å². The summed E-state index contributed by atoms with van der Waals surface area (Å²) in [7, 11) is 0. The van der Waals surface area contributed by atoms with Crippen LogP contribution in [0.2, 0.25) is 0 Å². The third kappa shape index (κ3) is 5.33. The fourth-order valence-corrected chi connectivity index (χ4v) is 2.04. The molecule has 1 aromatic heterocycles. The SMILES string of the molecule is Cc1cc(C(=O)O)nc(NCCSCCCO)n1. The van der Waals surface area contributed by atoms with Crippen LogP contribution in [0.5, 0.6) is 0 Å². The number of carboxylic acids is 1. The number of aliphatic hydroxyl groups is 1. The first kappa shape index (κ1) is 14.7. The van der Waals surface area contributed by atoms with Gasteiger partial charge in [0.15, 0.2) is 5.69 Å². The third-order valence-corrected chi connectivity index (χ3v) is 3.12. The highest BCUT2D eigenvalue weighted by molar-refractivity contribution is 7.99. The quantitative estimate of drug-likeness (QED) is 0.607. The zero-order valence-electron chi connectivity index (χ0n) is 10.2. The number of hydrogen-bond donors (Lipinski definition) is 3. The average molecular weight is 271 g/mol. The van der Waals surface area contributed by atoms with Gasteiger partial charge in [-0.2, -0.15) is 11.8 Å². The number of rotatable bonds is 8. The smallest absolute Gasteiger partial charge is 0.354 e. The van der Waals surface area contributed by atoms with Crippen LogP contribution in [-0.4, -0.2) is 50.8 Å². The molecule has 0 aliphatic rings. The molecule has 3 N–H and O–H groups in total. The van der Waals surface area contributed by atoms with E-state index in [4.69, 9.17) is 10.2 Å². The molecular weight excluding hydrogens is 254 g/mol. The molecule has 0 unspecified atom stereocenters. The molecule has 0 aliphatic carbocycles. The number of aromatic carboxylic acids is 1. The molecule has 0 saturated carbocycles. The Bertz CT molecular complexity index is 401. The molecule has 1 heterocycles. The molecular formula is C11H17N3O3S. The van der Waals surface area contributed by atoms with Gasteiger partial charge in [0.2, 0.25) is 5.95 Å². The third-order valence-electron chi connectivity index (χ3n) is 2.05. The maximum atomic E-state index is 10.8. The average Bonchev–Trinajstić information content (AvgIpc) is 2.33. The van der Waals surface area contributed by atoms with Gasteiger partial charge in [-0.3, -0.25) is 0 Å². The molecule has 18 heavy (non-hydrogen) atoms. The topological polar surface area (TPSA) is 95.3 Å². The predicted octanol–water partition coefficient (Wildman–Crippen LogP) is 1.01. The number of hydrogen-bond acceptors (Lipinski definition) is 6. The van der Waals surface area contributed by atoms with E-state index >= 15 is 0 Å². The first-order valence-electron chi connectivity index (χ1n) is 5.65. The van der Waals surface area contributed by atoms with Gasteiger partial charge in [-0.05, 0) is 25.2 Å². The second-order valence-corrected chi connectivity index (χ2v) is 4.86. The van der Waals surface area contributed by atoms with Gasteiger partial charge in [0.05, 0.1) is 0 Å². The molecule has 0 saturated heterocycles. The summed E-state index contributed by atoms with van der Waals surface area (Å²) in [5, 5.41) is 20.5. The van der Waals surface area contributed by atoms with E-state index in [2.05, 4.69) is 15.3 Å². The van der Waals surface area contributed by atoms with Crippen molar-refractivity contribution < 1.29 is 15.0 Å². The highest BCUT2D eigenvalue weighted by atomic mass is 32.2. The molecule has 1 rings (SSSR count). The summed E-state index contributed by atoms with van der Waals surface area (Å²) < 4.78 is 0. The Morgan fingerprint density at radius 2 is 2.22 bits per heavy atom. The van der Waals surface area contributed by atoms with Crippen LogP contribution < -0.4 is 5.32 Å². The minimum absolute atomic E-state index is 0.00191. The number of thioether (sulfide) groups is 1. The molecule has 6 nitrogen and oxygen atoms in total. The van der Waals surface area contributed by atoms with Crippen molar-refractivity contribution in [3.05, 3.63) is 17.5 Å². The Balaban J connectivity index is 2.40. The van der Waals surface area contributed by atoms with E-state index in [0.717, 1.165) is 17.9 Å². The maximum absolute atomic E-state index is 10.8. The number of carboxylic acid groups (broad SMARTS) is 1. The first-order chi connectivity index (χ1) is 8.63. The van der Waals surface area contributed by atoms with Crippen LogP contribution in [0.4, 0.5) is 5.95 Å². The number of nitrogens with zero attached hydrogens (tertiary/aromatic N) is 2. The van der Waals surface area contributed by atoms with Crippen LogP contribution in [0, 0.1) is 6.92 Å². The minimum Gasteiger partial charge on any atom is -0.477 e. The van der Waals surface area contributed by atoms with Gasteiger partial charge in [0.1, 0.15) is 0 Å². The van der Waals surface area contributed by atoms with Crippen molar-refractivity contribution in [1.29, 1.82) is 0 Å². The summed E-state index contributed by atoms with van der Waals surface area (Å²) in [6.45, 7) is 2.61. The van der Waals surface area contributed by atoms with E-state index in [0.29, 0.717) is 18.2 Å². The molecule has 1 aromatic rings. The van der Waals surface area contributed by atoms with Crippen molar-refractivity contribution in [2.45, 2.75) is 13.3 Å². The zero-order valence-corrected chi connectivity index (χ0v) is 11.0. The van der Waals surface area contributed by atoms with Gasteiger partial charge in [0, 0.05) is 24.6 Å². The van der Waals surface area contributed by atoms with Crippen molar-refractivity contribution in [3.8, 4) is 0 Å². The number of aryl methyl sites for hydroxylation is 1. The second-order valence-electron chi connectivity index (χ2n) is 3.64. The van der Waals surface area contributed by atoms with Crippen molar-refractivity contribution in [3.63, 3.8) is 0 Å². The Morgan fingerprint density at radius 3 is 2.89 bits per heavy atom. The molecule has 0 atom stereocenters. The lowest BCUT2D eigenvalue weighted by Crippen LogP contribution is -2.11. The van der Waals surface area contributed by atoms with Crippen LogP contribution >= 0.6 is 11.8 Å². The number of aliphatic hydroxyl groups excluding tert-OH is 1. The highest BCUT2D eigenvalue weighted by Gasteiger charge is 2.07. The van der Waals surface area contributed by atoms with Crippen LogP contribution in [0.15, 0.2) is 6.07 Å². The summed E-state index contributed by atoms with van der Waals surface area (Å²) in [4.78, 5) is 18.8. The van der Waals surface area contributed by atoms with Crippen LogP contribution in [0.1, 0.15) is 22.6 Å². The lowest BCUT2D eigenvalue weighted by atomic mass is 10.3. The minimum atomic E-state index is -1.05. The highest BCUT2D eigenvalue weighted by Crippen LogP contribution is 2.06. The lowest BCUT2D eigenvalue weighted by Gasteiger charge is -2.06. The van der Waals surface area contributed by atoms with Crippen molar-refractivity contribution >= 4 is 23.7 Å². The normalized spacial score (nSPS) is 10.3.